The van der Waals surface area contributed by atoms with E-state index in [2.05, 4.69) is 42.1 Å². The SMILES string of the molecule is Nc1c(NNC(=O)Cc2ccccc2)ncnc1Nc1cccc(Br)c1. The van der Waals surface area contributed by atoms with Gasteiger partial charge < -0.3 is 11.1 Å². The lowest BCUT2D eigenvalue weighted by Gasteiger charge is -2.13. The van der Waals surface area contributed by atoms with Gasteiger partial charge in [0, 0.05) is 10.2 Å². The first-order valence-corrected chi connectivity index (χ1v) is 8.63. The van der Waals surface area contributed by atoms with Crippen molar-refractivity contribution in [2.24, 2.45) is 0 Å². The monoisotopic (exact) mass is 412 g/mol. The van der Waals surface area contributed by atoms with Gasteiger partial charge in [0.15, 0.2) is 11.6 Å². The third kappa shape index (κ3) is 4.70. The van der Waals surface area contributed by atoms with Crippen LogP contribution in [0.15, 0.2) is 65.4 Å². The van der Waals surface area contributed by atoms with Crippen molar-refractivity contribution in [3.05, 3.63) is 71.0 Å². The highest BCUT2D eigenvalue weighted by Gasteiger charge is 2.10. The highest BCUT2D eigenvalue weighted by Crippen LogP contribution is 2.26. The predicted molar refractivity (Wildman–Crippen MR) is 106 cm³/mol. The Bertz CT molecular complexity index is 903. The quantitative estimate of drug-likeness (QED) is 0.463. The third-order valence-electron chi connectivity index (χ3n) is 3.50. The highest BCUT2D eigenvalue weighted by molar-refractivity contribution is 9.10. The number of hydrogen-bond acceptors (Lipinski definition) is 6. The molecule has 0 bridgehead atoms. The molecule has 2 aromatic carbocycles. The second-order valence-electron chi connectivity index (χ2n) is 5.46. The van der Waals surface area contributed by atoms with Crippen LogP contribution in [-0.2, 0) is 11.2 Å². The normalized spacial score (nSPS) is 10.2. The molecule has 0 aliphatic heterocycles. The van der Waals surface area contributed by atoms with Crippen LogP contribution in [0.1, 0.15) is 5.56 Å². The first-order valence-electron chi connectivity index (χ1n) is 7.83. The number of nitrogen functional groups attached to an aromatic ring is 1. The summed E-state index contributed by atoms with van der Waals surface area (Å²) < 4.78 is 0.932. The Kier molecular flexibility index (Phi) is 5.65. The molecule has 0 fully saturated rings. The van der Waals surface area contributed by atoms with Crippen LogP contribution in [0, 0.1) is 0 Å². The number of aromatic nitrogens is 2. The molecular weight excluding hydrogens is 396 g/mol. The van der Waals surface area contributed by atoms with Crippen molar-refractivity contribution in [1.82, 2.24) is 15.4 Å². The number of nitrogens with zero attached hydrogens (tertiary/aromatic N) is 2. The number of hydrazine groups is 1. The predicted octanol–water partition coefficient (Wildman–Crippen LogP) is 3.25. The molecule has 26 heavy (non-hydrogen) atoms. The van der Waals surface area contributed by atoms with Crippen LogP contribution >= 0.6 is 15.9 Å². The molecule has 0 aliphatic carbocycles. The minimum absolute atomic E-state index is 0.198. The molecule has 1 amide bonds. The number of benzene rings is 2. The molecule has 132 valence electrons. The minimum Gasteiger partial charge on any atom is -0.393 e. The van der Waals surface area contributed by atoms with E-state index in [9.17, 15) is 4.79 Å². The Morgan fingerprint density at radius 3 is 2.58 bits per heavy atom. The molecule has 1 aromatic heterocycles. The second kappa shape index (κ2) is 8.30. The van der Waals surface area contributed by atoms with Gasteiger partial charge in [-0.05, 0) is 23.8 Å². The van der Waals surface area contributed by atoms with E-state index in [4.69, 9.17) is 5.73 Å². The molecule has 0 unspecified atom stereocenters. The van der Waals surface area contributed by atoms with E-state index in [1.165, 1.54) is 6.33 Å². The Morgan fingerprint density at radius 1 is 1.04 bits per heavy atom. The fourth-order valence-corrected chi connectivity index (χ4v) is 2.65. The van der Waals surface area contributed by atoms with E-state index in [0.29, 0.717) is 17.3 Å². The van der Waals surface area contributed by atoms with Crippen LogP contribution in [-0.4, -0.2) is 15.9 Å². The van der Waals surface area contributed by atoms with Crippen LogP contribution in [0.5, 0.6) is 0 Å². The molecule has 1 heterocycles. The Morgan fingerprint density at radius 2 is 1.81 bits per heavy atom. The first-order chi connectivity index (χ1) is 12.6. The van der Waals surface area contributed by atoms with Gasteiger partial charge in [-0.25, -0.2) is 9.97 Å². The Hall–Kier alpha value is -3.13. The summed E-state index contributed by atoms with van der Waals surface area (Å²) in [5.74, 6) is 0.563. The van der Waals surface area contributed by atoms with Gasteiger partial charge in [0.05, 0.1) is 6.42 Å². The smallest absolute Gasteiger partial charge is 0.242 e. The molecule has 3 aromatic rings. The molecule has 0 spiro atoms. The number of hydrogen-bond donors (Lipinski definition) is 4. The first kappa shape index (κ1) is 17.7. The fourth-order valence-electron chi connectivity index (χ4n) is 2.25. The van der Waals surface area contributed by atoms with Gasteiger partial charge in [0.25, 0.3) is 0 Å². The van der Waals surface area contributed by atoms with E-state index in [-0.39, 0.29) is 12.3 Å². The van der Waals surface area contributed by atoms with Crippen molar-refractivity contribution in [1.29, 1.82) is 0 Å². The zero-order chi connectivity index (χ0) is 18.4. The Balaban J connectivity index is 1.64. The van der Waals surface area contributed by atoms with Crippen LogP contribution in [0.25, 0.3) is 0 Å². The molecule has 0 atom stereocenters. The number of nitrogens with two attached hydrogens (primary N) is 1. The fraction of sp³-hybridized carbons (Fsp3) is 0.0556. The summed E-state index contributed by atoms with van der Waals surface area (Å²) in [6.07, 6.45) is 1.62. The number of carbonyl (C=O) groups excluding carboxylic acids is 1. The van der Waals surface area contributed by atoms with Gasteiger partial charge in [-0.3, -0.25) is 15.6 Å². The van der Waals surface area contributed by atoms with E-state index in [1.807, 2.05) is 54.6 Å². The molecule has 3 rings (SSSR count). The van der Waals surface area contributed by atoms with Crippen molar-refractivity contribution in [3.8, 4) is 0 Å². The summed E-state index contributed by atoms with van der Waals surface area (Å²) in [4.78, 5) is 20.2. The summed E-state index contributed by atoms with van der Waals surface area (Å²) in [5, 5.41) is 3.12. The lowest BCUT2D eigenvalue weighted by atomic mass is 10.1. The number of anilines is 4. The number of carbonyl (C=O) groups is 1. The van der Waals surface area contributed by atoms with Gasteiger partial charge in [0.2, 0.25) is 5.91 Å². The molecule has 0 saturated heterocycles. The molecule has 7 nitrogen and oxygen atoms in total. The minimum atomic E-state index is -0.198. The van der Waals surface area contributed by atoms with Crippen LogP contribution in [0.3, 0.4) is 0 Å². The molecule has 0 saturated carbocycles. The van der Waals surface area contributed by atoms with Gasteiger partial charge in [0.1, 0.15) is 12.0 Å². The largest absolute Gasteiger partial charge is 0.393 e. The summed E-state index contributed by atoms with van der Waals surface area (Å²) in [5.41, 5.74) is 13.5. The van der Waals surface area contributed by atoms with Gasteiger partial charge in [-0.2, -0.15) is 0 Å². The average molecular weight is 413 g/mol. The standard InChI is InChI=1S/C18H17BrN6O/c19-13-7-4-8-14(10-13)23-17-16(20)18(22-11-21-17)25-24-15(26)9-12-5-2-1-3-6-12/h1-8,10-11H,9,20H2,(H,24,26)(H2,21,22,23,25). The summed E-state index contributed by atoms with van der Waals surface area (Å²) in [6.45, 7) is 0. The van der Waals surface area contributed by atoms with Crippen molar-refractivity contribution in [3.63, 3.8) is 0 Å². The summed E-state index contributed by atoms with van der Waals surface area (Å²) in [6, 6.07) is 17.1. The number of rotatable bonds is 6. The zero-order valence-electron chi connectivity index (χ0n) is 13.7. The lowest BCUT2D eigenvalue weighted by molar-refractivity contribution is -0.119. The summed E-state index contributed by atoms with van der Waals surface area (Å²) >= 11 is 3.41. The van der Waals surface area contributed by atoms with Gasteiger partial charge in [-0.15, -0.1) is 0 Å². The maximum Gasteiger partial charge on any atom is 0.242 e. The molecule has 0 radical (unpaired) electrons. The maximum atomic E-state index is 12.0. The molecule has 8 heteroatoms. The lowest BCUT2D eigenvalue weighted by Crippen LogP contribution is -2.31. The van der Waals surface area contributed by atoms with Crippen molar-refractivity contribution in [2.75, 3.05) is 16.5 Å². The third-order valence-corrected chi connectivity index (χ3v) is 3.99. The second-order valence-corrected chi connectivity index (χ2v) is 6.37. The number of halogens is 1. The average Bonchev–Trinajstić information content (AvgIpc) is 2.63. The topological polar surface area (TPSA) is 105 Å². The van der Waals surface area contributed by atoms with Gasteiger partial charge >= 0.3 is 0 Å². The van der Waals surface area contributed by atoms with E-state index in [1.54, 1.807) is 0 Å². The molecular formula is C18H17BrN6O. The van der Waals surface area contributed by atoms with E-state index >= 15 is 0 Å². The van der Waals surface area contributed by atoms with Crippen LogP contribution < -0.4 is 21.9 Å². The summed E-state index contributed by atoms with van der Waals surface area (Å²) in [7, 11) is 0. The zero-order valence-corrected chi connectivity index (χ0v) is 15.3. The van der Waals surface area contributed by atoms with Crippen LogP contribution in [0.2, 0.25) is 0 Å². The number of nitrogens with one attached hydrogen (secondary N) is 3. The number of amides is 1. The molecule has 5 N–H and O–H groups in total. The van der Waals surface area contributed by atoms with E-state index in [0.717, 1.165) is 15.7 Å². The van der Waals surface area contributed by atoms with Crippen molar-refractivity contribution >= 4 is 44.8 Å². The maximum absolute atomic E-state index is 12.0. The van der Waals surface area contributed by atoms with Gasteiger partial charge in [-0.1, -0.05) is 52.3 Å². The van der Waals surface area contributed by atoms with Crippen LogP contribution in [0.4, 0.5) is 23.0 Å². The van der Waals surface area contributed by atoms with Crippen molar-refractivity contribution in [2.45, 2.75) is 6.42 Å². The highest BCUT2D eigenvalue weighted by atomic mass is 79.9. The van der Waals surface area contributed by atoms with Crippen molar-refractivity contribution < 1.29 is 4.79 Å². The Labute approximate surface area is 159 Å². The molecule has 0 aliphatic rings. The van der Waals surface area contributed by atoms with E-state index < -0.39 is 0 Å².